The highest BCUT2D eigenvalue weighted by molar-refractivity contribution is 6.08. The van der Waals surface area contributed by atoms with E-state index in [9.17, 15) is 4.79 Å². The fraction of sp³-hybridized carbons (Fsp3) is 0.214. The first-order valence-electron chi connectivity index (χ1n) is 5.74. The van der Waals surface area contributed by atoms with Crippen LogP contribution in [0.3, 0.4) is 0 Å². The first-order valence-corrected chi connectivity index (χ1v) is 5.74. The van der Waals surface area contributed by atoms with Crippen LogP contribution in [0.4, 0.5) is 0 Å². The van der Waals surface area contributed by atoms with Crippen molar-refractivity contribution in [2.45, 2.75) is 13.0 Å². The lowest BCUT2D eigenvalue weighted by molar-refractivity contribution is 0.103. The molecule has 3 rings (SSSR count). The van der Waals surface area contributed by atoms with E-state index in [4.69, 9.17) is 4.42 Å². The summed E-state index contributed by atoms with van der Waals surface area (Å²) in [6, 6.07) is 7.64. The number of hydrogen-bond donors (Lipinski definition) is 1. The van der Waals surface area contributed by atoms with E-state index in [1.807, 2.05) is 12.1 Å². The van der Waals surface area contributed by atoms with Gasteiger partial charge in [-0.15, -0.1) is 0 Å². The number of rotatable bonds is 2. The molecule has 1 aromatic carbocycles. The van der Waals surface area contributed by atoms with E-state index in [1.54, 1.807) is 6.07 Å². The monoisotopic (exact) mass is 227 g/mol. The van der Waals surface area contributed by atoms with Crippen LogP contribution in [0.25, 0.3) is 0 Å². The first-order chi connectivity index (χ1) is 8.34. The number of furan rings is 1. The van der Waals surface area contributed by atoms with Crippen LogP contribution in [0.2, 0.25) is 0 Å². The molecule has 86 valence electrons. The van der Waals surface area contributed by atoms with Gasteiger partial charge in [0, 0.05) is 12.1 Å². The van der Waals surface area contributed by atoms with Crippen LogP contribution in [0.5, 0.6) is 0 Å². The van der Waals surface area contributed by atoms with Gasteiger partial charge in [0.15, 0.2) is 5.78 Å². The molecule has 3 nitrogen and oxygen atoms in total. The van der Waals surface area contributed by atoms with Gasteiger partial charge in [-0.1, -0.05) is 12.1 Å². The van der Waals surface area contributed by atoms with E-state index in [2.05, 4.69) is 11.4 Å². The van der Waals surface area contributed by atoms with Gasteiger partial charge in [0.2, 0.25) is 0 Å². The third-order valence-corrected chi connectivity index (χ3v) is 3.14. The number of carbonyl (C=O) groups is 1. The molecule has 1 aromatic heterocycles. The number of fused-ring (bicyclic) bond motifs is 1. The molecule has 1 N–H and O–H groups in total. The molecule has 17 heavy (non-hydrogen) atoms. The fourth-order valence-electron chi connectivity index (χ4n) is 2.18. The predicted octanol–water partition coefficient (Wildman–Crippen LogP) is 2.16. The molecule has 0 fully saturated rings. The first kappa shape index (κ1) is 10.3. The van der Waals surface area contributed by atoms with E-state index in [0.717, 1.165) is 25.1 Å². The van der Waals surface area contributed by atoms with Gasteiger partial charge in [-0.05, 0) is 36.2 Å². The maximum absolute atomic E-state index is 12.1. The Kier molecular flexibility index (Phi) is 2.53. The third-order valence-electron chi connectivity index (χ3n) is 3.14. The molecule has 2 aromatic rings. The second-order valence-electron chi connectivity index (χ2n) is 4.25. The Hall–Kier alpha value is -1.87. The molecule has 0 saturated carbocycles. The summed E-state index contributed by atoms with van der Waals surface area (Å²) >= 11 is 0. The molecule has 3 heteroatoms. The summed E-state index contributed by atoms with van der Waals surface area (Å²) in [7, 11) is 0. The van der Waals surface area contributed by atoms with Crippen molar-refractivity contribution in [1.29, 1.82) is 0 Å². The molecule has 0 aliphatic carbocycles. The van der Waals surface area contributed by atoms with Crippen molar-refractivity contribution < 1.29 is 9.21 Å². The van der Waals surface area contributed by atoms with Crippen molar-refractivity contribution in [3.63, 3.8) is 0 Å². The Morgan fingerprint density at radius 3 is 2.94 bits per heavy atom. The van der Waals surface area contributed by atoms with Crippen molar-refractivity contribution in [3.05, 3.63) is 59.0 Å². The van der Waals surface area contributed by atoms with E-state index in [-0.39, 0.29) is 5.78 Å². The molecule has 0 saturated heterocycles. The van der Waals surface area contributed by atoms with Crippen LogP contribution < -0.4 is 5.32 Å². The van der Waals surface area contributed by atoms with Crippen LogP contribution in [0, 0.1) is 0 Å². The minimum absolute atomic E-state index is 0.0205. The van der Waals surface area contributed by atoms with Crippen LogP contribution >= 0.6 is 0 Å². The van der Waals surface area contributed by atoms with Crippen molar-refractivity contribution >= 4 is 5.78 Å². The zero-order chi connectivity index (χ0) is 11.7. The van der Waals surface area contributed by atoms with Crippen LogP contribution in [0.15, 0.2) is 41.2 Å². The molecule has 1 aliphatic heterocycles. The molecular formula is C14H13NO2. The van der Waals surface area contributed by atoms with E-state index < -0.39 is 0 Å². The molecule has 0 atom stereocenters. The van der Waals surface area contributed by atoms with Gasteiger partial charge in [-0.2, -0.15) is 0 Å². The normalized spacial score (nSPS) is 14.4. The number of hydrogen-bond acceptors (Lipinski definition) is 3. The second kappa shape index (κ2) is 4.18. The summed E-state index contributed by atoms with van der Waals surface area (Å²) in [6.07, 6.45) is 4.04. The number of carbonyl (C=O) groups excluding carboxylic acids is 1. The summed E-state index contributed by atoms with van der Waals surface area (Å²) in [5, 5.41) is 3.31. The lowest BCUT2D eigenvalue weighted by Gasteiger charge is -2.17. The molecule has 0 spiro atoms. The topological polar surface area (TPSA) is 42.2 Å². The highest BCUT2D eigenvalue weighted by Gasteiger charge is 2.14. The van der Waals surface area contributed by atoms with Crippen LogP contribution in [-0.2, 0) is 13.0 Å². The van der Waals surface area contributed by atoms with Gasteiger partial charge in [-0.25, -0.2) is 0 Å². The molecular weight excluding hydrogens is 214 g/mol. The van der Waals surface area contributed by atoms with Crippen molar-refractivity contribution in [2.75, 3.05) is 6.54 Å². The predicted molar refractivity (Wildman–Crippen MR) is 64.0 cm³/mol. The highest BCUT2D eigenvalue weighted by Crippen LogP contribution is 2.18. The Labute approximate surface area is 99.4 Å². The number of ketones is 1. The molecule has 1 aliphatic rings. The maximum atomic E-state index is 12.1. The largest absolute Gasteiger partial charge is 0.472 e. The van der Waals surface area contributed by atoms with Crippen molar-refractivity contribution in [1.82, 2.24) is 5.32 Å². The Morgan fingerprint density at radius 1 is 1.18 bits per heavy atom. The summed E-state index contributed by atoms with van der Waals surface area (Å²) in [5.74, 6) is 0.0205. The molecule has 0 bridgehead atoms. The summed E-state index contributed by atoms with van der Waals surface area (Å²) < 4.78 is 4.94. The van der Waals surface area contributed by atoms with Gasteiger partial charge >= 0.3 is 0 Å². The summed E-state index contributed by atoms with van der Waals surface area (Å²) in [5.41, 5.74) is 3.90. The average Bonchev–Trinajstić information content (AvgIpc) is 2.91. The summed E-state index contributed by atoms with van der Waals surface area (Å²) in [6.45, 7) is 1.86. The van der Waals surface area contributed by atoms with Crippen LogP contribution in [0.1, 0.15) is 27.0 Å². The molecule has 2 heterocycles. The minimum Gasteiger partial charge on any atom is -0.472 e. The van der Waals surface area contributed by atoms with Crippen LogP contribution in [-0.4, -0.2) is 12.3 Å². The molecule has 0 amide bonds. The maximum Gasteiger partial charge on any atom is 0.196 e. The quantitative estimate of drug-likeness (QED) is 0.799. The Balaban J connectivity index is 1.96. The fourth-order valence-corrected chi connectivity index (χ4v) is 2.18. The van der Waals surface area contributed by atoms with Gasteiger partial charge < -0.3 is 9.73 Å². The van der Waals surface area contributed by atoms with Gasteiger partial charge in [0.1, 0.15) is 6.26 Å². The second-order valence-corrected chi connectivity index (χ2v) is 4.25. The average molecular weight is 227 g/mol. The van der Waals surface area contributed by atoms with E-state index in [1.165, 1.54) is 23.7 Å². The van der Waals surface area contributed by atoms with E-state index in [0.29, 0.717) is 5.56 Å². The zero-order valence-electron chi connectivity index (χ0n) is 9.40. The standard InChI is InChI=1S/C14H13NO2/c16-14(12-4-6-17-9-12)11-2-1-10-3-5-15-8-13(10)7-11/h1-2,4,6-7,9,15H,3,5,8H2. The number of nitrogens with one attached hydrogen (secondary N) is 1. The molecule has 0 unspecified atom stereocenters. The lowest BCUT2D eigenvalue weighted by Crippen LogP contribution is -2.23. The van der Waals surface area contributed by atoms with Gasteiger partial charge in [-0.3, -0.25) is 4.79 Å². The smallest absolute Gasteiger partial charge is 0.196 e. The SMILES string of the molecule is O=C(c1ccoc1)c1ccc2c(c1)CNCC2. The lowest BCUT2D eigenvalue weighted by atomic mass is 9.96. The van der Waals surface area contributed by atoms with Gasteiger partial charge in [0.05, 0.1) is 11.8 Å². The molecule has 0 radical (unpaired) electrons. The van der Waals surface area contributed by atoms with Crippen molar-refractivity contribution in [2.24, 2.45) is 0 Å². The number of benzene rings is 1. The van der Waals surface area contributed by atoms with Gasteiger partial charge in [0.25, 0.3) is 0 Å². The third kappa shape index (κ3) is 1.89. The minimum atomic E-state index is 0.0205. The summed E-state index contributed by atoms with van der Waals surface area (Å²) in [4.78, 5) is 12.1. The van der Waals surface area contributed by atoms with E-state index >= 15 is 0 Å². The highest BCUT2D eigenvalue weighted by atomic mass is 16.3. The Bertz CT molecular complexity index is 543. The van der Waals surface area contributed by atoms with Crippen molar-refractivity contribution in [3.8, 4) is 0 Å². The zero-order valence-corrected chi connectivity index (χ0v) is 9.40. The Morgan fingerprint density at radius 2 is 2.12 bits per heavy atom.